The summed E-state index contributed by atoms with van der Waals surface area (Å²) >= 11 is 9.01. The molecule has 0 aliphatic carbocycles. The number of thiophene rings is 1. The molecule has 10 heteroatoms. The van der Waals surface area contributed by atoms with Crippen molar-refractivity contribution in [1.29, 1.82) is 0 Å². The molecule has 32 heavy (non-hydrogen) atoms. The highest BCUT2D eigenvalue weighted by Crippen LogP contribution is 2.28. The van der Waals surface area contributed by atoms with Crippen molar-refractivity contribution < 1.29 is 4.79 Å². The van der Waals surface area contributed by atoms with Crippen LogP contribution in [0.15, 0.2) is 46.5 Å². The van der Waals surface area contributed by atoms with Crippen LogP contribution in [0, 0.1) is 13.8 Å². The number of hydrogen-bond acceptors (Lipinski definition) is 6. The largest absolute Gasteiger partial charge is 0.310 e. The molecule has 1 N–H and O–H groups in total. The molecule has 1 amide bonds. The quantitative estimate of drug-likeness (QED) is 0.301. The van der Waals surface area contributed by atoms with Gasteiger partial charge in [0, 0.05) is 22.5 Å². The van der Waals surface area contributed by atoms with E-state index in [0.717, 1.165) is 20.8 Å². The van der Waals surface area contributed by atoms with Crippen molar-refractivity contribution >= 4 is 56.6 Å². The second-order valence-electron chi connectivity index (χ2n) is 7.21. The number of carbonyl (C=O) groups excluding carboxylic acids is 1. The molecule has 166 valence electrons. The normalized spacial score (nSPS) is 11.2. The molecule has 0 saturated carbocycles. The number of fused-ring (bicyclic) bond motifs is 1. The molecule has 0 atom stereocenters. The molecular formula is C22H22ClN5O2S2. The Morgan fingerprint density at radius 1 is 1.25 bits per heavy atom. The lowest BCUT2D eigenvalue weighted by Gasteiger charge is -2.11. The molecule has 0 aliphatic rings. The number of aryl methyl sites for hydroxylation is 2. The minimum atomic E-state index is -0.202. The van der Waals surface area contributed by atoms with Crippen LogP contribution >= 0.6 is 34.7 Å². The second kappa shape index (κ2) is 9.48. The van der Waals surface area contributed by atoms with E-state index in [-0.39, 0.29) is 17.2 Å². The SMILES string of the molecule is CCn1c(SCC(=O)Nc2ccnn2Cc2ccccc2Cl)nc2sc(C)c(C)c2c1=O. The smallest absolute Gasteiger partial charge is 0.263 e. The number of benzene rings is 1. The molecule has 0 bridgehead atoms. The van der Waals surface area contributed by atoms with Gasteiger partial charge in [-0.05, 0) is 38.0 Å². The Morgan fingerprint density at radius 3 is 2.78 bits per heavy atom. The first kappa shape index (κ1) is 22.6. The summed E-state index contributed by atoms with van der Waals surface area (Å²) in [4.78, 5) is 32.1. The first-order valence-electron chi connectivity index (χ1n) is 10.1. The molecule has 0 radical (unpaired) electrons. The average Bonchev–Trinajstić information content (AvgIpc) is 3.31. The molecule has 0 fully saturated rings. The van der Waals surface area contributed by atoms with Gasteiger partial charge in [0.1, 0.15) is 10.6 Å². The lowest BCUT2D eigenvalue weighted by molar-refractivity contribution is -0.113. The second-order valence-corrected chi connectivity index (χ2v) is 9.76. The maximum Gasteiger partial charge on any atom is 0.263 e. The highest BCUT2D eigenvalue weighted by molar-refractivity contribution is 7.99. The highest BCUT2D eigenvalue weighted by Gasteiger charge is 2.17. The lowest BCUT2D eigenvalue weighted by atomic mass is 10.2. The first-order valence-corrected chi connectivity index (χ1v) is 12.3. The molecule has 3 heterocycles. The summed E-state index contributed by atoms with van der Waals surface area (Å²) in [5.41, 5.74) is 1.83. The summed E-state index contributed by atoms with van der Waals surface area (Å²) in [5, 5.41) is 9.04. The van der Waals surface area contributed by atoms with Gasteiger partial charge in [-0.3, -0.25) is 14.2 Å². The summed E-state index contributed by atoms with van der Waals surface area (Å²) in [6, 6.07) is 9.26. The van der Waals surface area contributed by atoms with Crippen LogP contribution in [0.3, 0.4) is 0 Å². The van der Waals surface area contributed by atoms with Crippen LogP contribution in [0.4, 0.5) is 5.82 Å². The van der Waals surface area contributed by atoms with E-state index in [2.05, 4.69) is 15.4 Å². The Kier molecular flexibility index (Phi) is 6.68. The van der Waals surface area contributed by atoms with E-state index in [0.29, 0.717) is 34.5 Å². The summed E-state index contributed by atoms with van der Waals surface area (Å²) in [5.74, 6) is 0.501. The number of rotatable bonds is 7. The fourth-order valence-electron chi connectivity index (χ4n) is 3.36. The Hall–Kier alpha value is -2.62. The third-order valence-electron chi connectivity index (χ3n) is 5.16. The van der Waals surface area contributed by atoms with Crippen LogP contribution in [0.5, 0.6) is 0 Å². The van der Waals surface area contributed by atoms with Gasteiger partial charge in [0.2, 0.25) is 5.91 Å². The first-order chi connectivity index (χ1) is 15.4. The van der Waals surface area contributed by atoms with E-state index in [1.807, 2.05) is 45.0 Å². The van der Waals surface area contributed by atoms with E-state index < -0.39 is 0 Å². The molecule has 0 spiro atoms. The topological polar surface area (TPSA) is 81.8 Å². The van der Waals surface area contributed by atoms with Gasteiger partial charge in [-0.25, -0.2) is 9.67 Å². The third-order valence-corrected chi connectivity index (χ3v) is 7.61. The minimum absolute atomic E-state index is 0.0555. The monoisotopic (exact) mass is 487 g/mol. The fraction of sp³-hybridized carbons (Fsp3) is 0.273. The van der Waals surface area contributed by atoms with Crippen LogP contribution in [0.1, 0.15) is 22.9 Å². The molecule has 4 aromatic rings. The third kappa shape index (κ3) is 4.46. The minimum Gasteiger partial charge on any atom is -0.310 e. The number of carbonyl (C=O) groups is 1. The number of anilines is 1. The average molecular weight is 488 g/mol. The van der Waals surface area contributed by atoms with Gasteiger partial charge in [-0.1, -0.05) is 41.6 Å². The summed E-state index contributed by atoms with van der Waals surface area (Å²) in [7, 11) is 0. The molecule has 3 aromatic heterocycles. The number of amides is 1. The van der Waals surface area contributed by atoms with E-state index in [9.17, 15) is 9.59 Å². The molecule has 7 nitrogen and oxygen atoms in total. The van der Waals surface area contributed by atoms with Crippen LogP contribution in [-0.2, 0) is 17.9 Å². The maximum absolute atomic E-state index is 13.0. The van der Waals surface area contributed by atoms with Crippen molar-refractivity contribution in [3.05, 3.63) is 67.9 Å². The molecule has 0 unspecified atom stereocenters. The number of halogens is 1. The Labute approximate surface area is 198 Å². The molecule has 0 saturated heterocycles. The van der Waals surface area contributed by atoms with Crippen molar-refractivity contribution in [2.24, 2.45) is 0 Å². The van der Waals surface area contributed by atoms with Gasteiger partial charge in [0.15, 0.2) is 5.16 Å². The number of hydrogen-bond donors (Lipinski definition) is 1. The van der Waals surface area contributed by atoms with Crippen LogP contribution in [0.25, 0.3) is 10.2 Å². The Bertz CT molecular complexity index is 1360. The molecule has 0 aliphatic heterocycles. The molecule has 4 rings (SSSR count). The summed E-state index contributed by atoms with van der Waals surface area (Å²) in [6.07, 6.45) is 1.63. The van der Waals surface area contributed by atoms with Crippen molar-refractivity contribution in [3.63, 3.8) is 0 Å². The van der Waals surface area contributed by atoms with Gasteiger partial charge in [0.05, 0.1) is 23.9 Å². The highest BCUT2D eigenvalue weighted by atomic mass is 35.5. The van der Waals surface area contributed by atoms with Crippen molar-refractivity contribution in [1.82, 2.24) is 19.3 Å². The zero-order chi connectivity index (χ0) is 22.8. The predicted molar refractivity (Wildman–Crippen MR) is 131 cm³/mol. The molecular weight excluding hydrogens is 466 g/mol. The van der Waals surface area contributed by atoms with Gasteiger partial charge < -0.3 is 5.32 Å². The van der Waals surface area contributed by atoms with Gasteiger partial charge >= 0.3 is 0 Å². The van der Waals surface area contributed by atoms with Crippen LogP contribution in [-0.4, -0.2) is 31.0 Å². The zero-order valence-electron chi connectivity index (χ0n) is 17.9. The van der Waals surface area contributed by atoms with Gasteiger partial charge in [0.25, 0.3) is 5.56 Å². The van der Waals surface area contributed by atoms with Crippen LogP contribution < -0.4 is 10.9 Å². The van der Waals surface area contributed by atoms with E-state index in [1.165, 1.54) is 23.1 Å². The number of aromatic nitrogens is 4. The van der Waals surface area contributed by atoms with Crippen molar-refractivity contribution in [2.75, 3.05) is 11.1 Å². The number of nitrogens with zero attached hydrogens (tertiary/aromatic N) is 4. The Morgan fingerprint density at radius 2 is 2.03 bits per heavy atom. The van der Waals surface area contributed by atoms with Gasteiger partial charge in [-0.15, -0.1) is 11.3 Å². The Balaban J connectivity index is 1.49. The predicted octanol–water partition coefficient (Wildman–Crippen LogP) is 4.72. The standard InChI is InChI=1S/C22H22ClN5O2S2/c1-4-27-21(30)19-13(2)14(3)32-20(19)26-22(27)31-12-18(29)25-17-9-10-24-28(17)11-15-7-5-6-8-16(15)23/h5-10H,4,11-12H2,1-3H3,(H,25,29). The lowest BCUT2D eigenvalue weighted by Crippen LogP contribution is -2.23. The number of thioether (sulfide) groups is 1. The number of nitrogens with one attached hydrogen (secondary N) is 1. The molecule has 1 aromatic carbocycles. The maximum atomic E-state index is 13.0. The summed E-state index contributed by atoms with van der Waals surface area (Å²) < 4.78 is 3.31. The van der Waals surface area contributed by atoms with Crippen LogP contribution in [0.2, 0.25) is 5.02 Å². The van der Waals surface area contributed by atoms with Crippen molar-refractivity contribution in [3.8, 4) is 0 Å². The van der Waals surface area contributed by atoms with E-state index in [1.54, 1.807) is 21.5 Å². The van der Waals surface area contributed by atoms with E-state index in [4.69, 9.17) is 11.6 Å². The fourth-order valence-corrected chi connectivity index (χ4v) is 5.49. The summed E-state index contributed by atoms with van der Waals surface area (Å²) in [6.45, 7) is 6.78. The van der Waals surface area contributed by atoms with E-state index >= 15 is 0 Å². The van der Waals surface area contributed by atoms with Crippen molar-refractivity contribution in [2.45, 2.75) is 39.0 Å². The van der Waals surface area contributed by atoms with Gasteiger partial charge in [-0.2, -0.15) is 5.10 Å². The zero-order valence-corrected chi connectivity index (χ0v) is 20.3.